The molecule has 0 radical (unpaired) electrons. The number of aryl methyl sites for hydroxylation is 1. The van der Waals surface area contributed by atoms with Gasteiger partial charge in [-0.3, -0.25) is 9.59 Å². The molecule has 0 saturated carbocycles. The van der Waals surface area contributed by atoms with Gasteiger partial charge in [-0.25, -0.2) is 4.98 Å². The number of carbonyl (C=O) groups excluding carboxylic acids is 1. The average Bonchev–Trinajstić information content (AvgIpc) is 2.85. The summed E-state index contributed by atoms with van der Waals surface area (Å²) in [5.41, 5.74) is 3.69. The topological polar surface area (TPSA) is 82.8 Å². The standard InChI is InChI=1S/C28H25Br2N3O4/c1-15(2)20-13-21(16(3)10-25(20)36-5)27-32-24-9-7-6-8-19(24)28(35)33(27)31-14-18-11-22(29)26(23(30)12-18)37-17(4)34/h6-15H,1-5H3. The Kier molecular flexibility index (Phi) is 7.94. The van der Waals surface area contributed by atoms with Gasteiger partial charge in [0.15, 0.2) is 11.6 Å². The van der Waals surface area contributed by atoms with Gasteiger partial charge in [-0.1, -0.05) is 26.0 Å². The van der Waals surface area contributed by atoms with E-state index >= 15 is 0 Å². The van der Waals surface area contributed by atoms with E-state index in [1.807, 2.05) is 31.2 Å². The quantitative estimate of drug-likeness (QED) is 0.133. The maximum Gasteiger partial charge on any atom is 0.308 e. The van der Waals surface area contributed by atoms with Gasteiger partial charge in [-0.05, 0) is 97.8 Å². The fourth-order valence-electron chi connectivity index (χ4n) is 3.99. The largest absolute Gasteiger partial charge is 0.496 e. The number of halogens is 2. The Hall–Kier alpha value is -3.30. The van der Waals surface area contributed by atoms with Crippen LogP contribution in [0, 0.1) is 6.92 Å². The summed E-state index contributed by atoms with van der Waals surface area (Å²) in [5, 5.41) is 5.03. The van der Waals surface area contributed by atoms with E-state index < -0.39 is 5.97 Å². The molecule has 0 aliphatic heterocycles. The first kappa shape index (κ1) is 26.8. The van der Waals surface area contributed by atoms with Crippen molar-refractivity contribution in [2.24, 2.45) is 5.10 Å². The molecule has 0 aliphatic carbocycles. The Morgan fingerprint density at radius 1 is 1.11 bits per heavy atom. The first-order valence-corrected chi connectivity index (χ1v) is 13.1. The van der Waals surface area contributed by atoms with Crippen molar-refractivity contribution in [2.75, 3.05) is 7.11 Å². The number of methoxy groups -OCH3 is 1. The van der Waals surface area contributed by atoms with Crippen LogP contribution in [0.1, 0.15) is 43.4 Å². The molecule has 9 heteroatoms. The lowest BCUT2D eigenvalue weighted by atomic mass is 9.96. The van der Waals surface area contributed by atoms with Crippen molar-refractivity contribution in [2.45, 2.75) is 33.6 Å². The molecule has 190 valence electrons. The van der Waals surface area contributed by atoms with Gasteiger partial charge in [0.1, 0.15) is 5.75 Å². The Labute approximate surface area is 231 Å². The van der Waals surface area contributed by atoms with E-state index in [9.17, 15) is 9.59 Å². The molecule has 4 aromatic rings. The highest BCUT2D eigenvalue weighted by atomic mass is 79.9. The predicted octanol–water partition coefficient (Wildman–Crippen LogP) is 6.84. The number of rotatable bonds is 6. The number of aromatic nitrogens is 2. The fourth-order valence-corrected chi connectivity index (χ4v) is 5.38. The summed E-state index contributed by atoms with van der Waals surface area (Å²) in [4.78, 5) is 29.9. The van der Waals surface area contributed by atoms with Crippen molar-refractivity contribution in [1.29, 1.82) is 0 Å². The second kappa shape index (κ2) is 11.0. The molecule has 0 atom stereocenters. The summed E-state index contributed by atoms with van der Waals surface area (Å²) in [6.07, 6.45) is 1.57. The number of hydrogen-bond acceptors (Lipinski definition) is 6. The summed E-state index contributed by atoms with van der Waals surface area (Å²) in [6, 6.07) is 14.7. The van der Waals surface area contributed by atoms with Crippen molar-refractivity contribution < 1.29 is 14.3 Å². The van der Waals surface area contributed by atoms with E-state index in [-0.39, 0.29) is 11.5 Å². The molecule has 37 heavy (non-hydrogen) atoms. The number of carbonyl (C=O) groups is 1. The van der Waals surface area contributed by atoms with Crippen LogP contribution in [0.25, 0.3) is 22.3 Å². The highest BCUT2D eigenvalue weighted by molar-refractivity contribution is 9.11. The van der Waals surface area contributed by atoms with Crippen LogP contribution in [-0.2, 0) is 4.79 Å². The number of para-hydroxylation sites is 1. The van der Waals surface area contributed by atoms with E-state index in [0.717, 1.165) is 22.4 Å². The zero-order chi connectivity index (χ0) is 26.9. The third-order valence-corrected chi connectivity index (χ3v) is 6.96. The molecule has 0 N–H and O–H groups in total. The van der Waals surface area contributed by atoms with Crippen LogP contribution in [-0.4, -0.2) is 29.0 Å². The van der Waals surface area contributed by atoms with Crippen LogP contribution >= 0.6 is 31.9 Å². The highest BCUT2D eigenvalue weighted by Crippen LogP contribution is 2.35. The van der Waals surface area contributed by atoms with Crippen LogP contribution in [0.3, 0.4) is 0 Å². The molecule has 0 amide bonds. The van der Waals surface area contributed by atoms with Crippen LogP contribution in [0.4, 0.5) is 0 Å². The number of hydrogen-bond donors (Lipinski definition) is 0. The molecular formula is C28H25Br2N3O4. The predicted molar refractivity (Wildman–Crippen MR) is 153 cm³/mol. The Bertz CT molecular complexity index is 1590. The molecule has 0 fully saturated rings. The molecule has 0 bridgehead atoms. The number of fused-ring (bicyclic) bond motifs is 1. The second-order valence-electron chi connectivity index (χ2n) is 8.79. The van der Waals surface area contributed by atoms with E-state index in [2.05, 4.69) is 50.8 Å². The molecule has 3 aromatic carbocycles. The third kappa shape index (κ3) is 5.52. The van der Waals surface area contributed by atoms with Crippen molar-refractivity contribution in [3.8, 4) is 22.9 Å². The molecule has 0 saturated heterocycles. The second-order valence-corrected chi connectivity index (χ2v) is 10.5. The first-order chi connectivity index (χ1) is 17.6. The lowest BCUT2D eigenvalue weighted by molar-refractivity contribution is -0.131. The third-order valence-electron chi connectivity index (χ3n) is 5.78. The molecular weight excluding hydrogens is 602 g/mol. The van der Waals surface area contributed by atoms with Gasteiger partial charge in [0.25, 0.3) is 5.56 Å². The van der Waals surface area contributed by atoms with E-state index in [1.54, 1.807) is 37.6 Å². The first-order valence-electron chi connectivity index (χ1n) is 11.5. The molecule has 0 spiro atoms. The van der Waals surface area contributed by atoms with Crippen molar-refractivity contribution in [3.63, 3.8) is 0 Å². The number of esters is 1. The maximum atomic E-state index is 13.6. The van der Waals surface area contributed by atoms with Crippen LogP contribution in [0.15, 0.2) is 67.4 Å². The zero-order valence-electron chi connectivity index (χ0n) is 21.0. The van der Waals surface area contributed by atoms with Gasteiger partial charge >= 0.3 is 5.97 Å². The average molecular weight is 627 g/mol. The normalized spacial score (nSPS) is 11.5. The summed E-state index contributed by atoms with van der Waals surface area (Å²) in [6.45, 7) is 7.47. The molecule has 0 unspecified atom stereocenters. The van der Waals surface area contributed by atoms with E-state index in [4.69, 9.17) is 14.5 Å². The summed E-state index contributed by atoms with van der Waals surface area (Å²) < 4.78 is 13.3. The van der Waals surface area contributed by atoms with Crippen molar-refractivity contribution in [1.82, 2.24) is 9.66 Å². The fraction of sp³-hybridized carbons (Fsp3) is 0.214. The molecule has 0 aliphatic rings. The minimum Gasteiger partial charge on any atom is -0.496 e. The highest BCUT2D eigenvalue weighted by Gasteiger charge is 2.18. The van der Waals surface area contributed by atoms with Gasteiger partial charge in [0.2, 0.25) is 0 Å². The van der Waals surface area contributed by atoms with Gasteiger partial charge < -0.3 is 9.47 Å². The monoisotopic (exact) mass is 625 g/mol. The summed E-state index contributed by atoms with van der Waals surface area (Å²) in [5.74, 6) is 1.35. The van der Waals surface area contributed by atoms with Gasteiger partial charge in [0.05, 0.1) is 33.2 Å². The zero-order valence-corrected chi connectivity index (χ0v) is 24.2. The van der Waals surface area contributed by atoms with Gasteiger partial charge in [-0.15, -0.1) is 0 Å². The Morgan fingerprint density at radius 2 is 1.78 bits per heavy atom. The van der Waals surface area contributed by atoms with E-state index in [1.165, 1.54) is 11.6 Å². The van der Waals surface area contributed by atoms with Gasteiger partial charge in [0, 0.05) is 12.5 Å². The lowest BCUT2D eigenvalue weighted by Crippen LogP contribution is -2.20. The van der Waals surface area contributed by atoms with Gasteiger partial charge in [-0.2, -0.15) is 9.78 Å². The van der Waals surface area contributed by atoms with Crippen LogP contribution in [0.5, 0.6) is 11.5 Å². The van der Waals surface area contributed by atoms with Crippen molar-refractivity contribution in [3.05, 3.63) is 84.5 Å². The lowest BCUT2D eigenvalue weighted by Gasteiger charge is -2.17. The van der Waals surface area contributed by atoms with E-state index in [0.29, 0.717) is 37.0 Å². The smallest absolute Gasteiger partial charge is 0.308 e. The minimum absolute atomic E-state index is 0.198. The molecule has 1 heterocycles. The summed E-state index contributed by atoms with van der Waals surface area (Å²) in [7, 11) is 1.65. The Morgan fingerprint density at radius 3 is 2.41 bits per heavy atom. The van der Waals surface area contributed by atoms with Crippen LogP contribution < -0.4 is 15.0 Å². The Balaban J connectivity index is 1.93. The number of benzene rings is 3. The maximum absolute atomic E-state index is 13.6. The van der Waals surface area contributed by atoms with Crippen molar-refractivity contribution >= 4 is 54.9 Å². The van der Waals surface area contributed by atoms with Crippen LogP contribution in [0.2, 0.25) is 0 Å². The SMILES string of the molecule is COc1cc(C)c(-c2nc3ccccc3c(=O)n2N=Cc2cc(Br)c(OC(C)=O)c(Br)c2)cc1C(C)C. The minimum atomic E-state index is -0.433. The molecule has 1 aromatic heterocycles. The molecule has 7 nitrogen and oxygen atoms in total. The number of ether oxygens (including phenoxy) is 2. The summed E-state index contributed by atoms with van der Waals surface area (Å²) >= 11 is 6.87. The number of nitrogens with zero attached hydrogens (tertiary/aromatic N) is 3. The molecule has 4 rings (SSSR count).